The molecule has 0 aromatic heterocycles. The van der Waals surface area contributed by atoms with Gasteiger partial charge in [-0.2, -0.15) is 0 Å². The Morgan fingerprint density at radius 1 is 1.38 bits per heavy atom. The van der Waals surface area contributed by atoms with Gasteiger partial charge in [-0.25, -0.2) is 0 Å². The highest BCUT2D eigenvalue weighted by Crippen LogP contribution is 2.14. The molecule has 2 atom stereocenters. The van der Waals surface area contributed by atoms with Gasteiger partial charge in [0.15, 0.2) is 0 Å². The molecule has 2 unspecified atom stereocenters. The first-order valence-electron chi connectivity index (χ1n) is 6.65. The fourth-order valence-corrected chi connectivity index (χ4v) is 2.94. The summed E-state index contributed by atoms with van der Waals surface area (Å²) in [5.74, 6) is 0.501. The first-order chi connectivity index (χ1) is 9.49. The Bertz CT molecular complexity index is 455. The zero-order valence-corrected chi connectivity index (χ0v) is 15.2. The van der Waals surface area contributed by atoms with E-state index in [4.69, 9.17) is 5.73 Å². The van der Waals surface area contributed by atoms with Crippen LogP contribution in [0, 0.1) is 0 Å². The van der Waals surface area contributed by atoms with E-state index in [1.807, 2.05) is 31.2 Å². The van der Waals surface area contributed by atoms with E-state index in [-0.39, 0.29) is 24.4 Å². The van der Waals surface area contributed by atoms with Gasteiger partial charge < -0.3 is 11.1 Å². The molecule has 0 bridgehead atoms. The molecule has 0 saturated carbocycles. The topological polar surface area (TPSA) is 72.2 Å². The van der Waals surface area contributed by atoms with E-state index >= 15 is 0 Å². The molecular formula is C14H22BrClN2O2S. The van der Waals surface area contributed by atoms with E-state index < -0.39 is 10.8 Å². The van der Waals surface area contributed by atoms with E-state index in [9.17, 15) is 9.00 Å². The summed E-state index contributed by atoms with van der Waals surface area (Å²) >= 11 is 3.34. The molecule has 1 rings (SSSR count). The van der Waals surface area contributed by atoms with Crippen molar-refractivity contribution < 1.29 is 9.00 Å². The molecule has 0 heterocycles. The third kappa shape index (κ3) is 9.24. The van der Waals surface area contributed by atoms with E-state index in [0.717, 1.165) is 15.8 Å². The largest absolute Gasteiger partial charge is 0.356 e. The lowest BCUT2D eigenvalue weighted by atomic mass is 10.2. The van der Waals surface area contributed by atoms with Crippen molar-refractivity contribution in [2.75, 3.05) is 12.3 Å². The van der Waals surface area contributed by atoms with Crippen LogP contribution in [0.4, 0.5) is 0 Å². The summed E-state index contributed by atoms with van der Waals surface area (Å²) in [6, 6.07) is 7.51. The summed E-state index contributed by atoms with van der Waals surface area (Å²) < 4.78 is 13.0. The van der Waals surface area contributed by atoms with Crippen molar-refractivity contribution in [2.24, 2.45) is 5.73 Å². The Morgan fingerprint density at radius 2 is 2.00 bits per heavy atom. The first kappa shape index (κ1) is 20.6. The molecule has 7 heteroatoms. The minimum absolute atomic E-state index is 0. The summed E-state index contributed by atoms with van der Waals surface area (Å²) in [4.78, 5) is 12.3. The maximum Gasteiger partial charge on any atom is 0.220 e. The maximum absolute atomic E-state index is 12.0. The molecule has 120 valence electrons. The van der Waals surface area contributed by atoms with Crippen LogP contribution in [0.25, 0.3) is 0 Å². The quantitative estimate of drug-likeness (QED) is 0.708. The number of hydrogen-bond acceptors (Lipinski definition) is 3. The Balaban J connectivity index is 0.00000400. The van der Waals surface area contributed by atoms with Crippen molar-refractivity contribution in [1.82, 2.24) is 5.32 Å². The summed E-state index contributed by atoms with van der Waals surface area (Å²) in [6.45, 7) is 2.51. The van der Waals surface area contributed by atoms with E-state index in [2.05, 4.69) is 21.2 Å². The monoisotopic (exact) mass is 396 g/mol. The van der Waals surface area contributed by atoms with Gasteiger partial charge in [-0.3, -0.25) is 9.00 Å². The zero-order chi connectivity index (χ0) is 15.0. The summed E-state index contributed by atoms with van der Waals surface area (Å²) in [6.07, 6.45) is 1.80. The molecule has 4 nitrogen and oxygen atoms in total. The van der Waals surface area contributed by atoms with Crippen molar-refractivity contribution in [3.8, 4) is 0 Å². The van der Waals surface area contributed by atoms with Crippen LogP contribution in [0.15, 0.2) is 33.6 Å². The molecule has 1 aromatic rings. The highest BCUT2D eigenvalue weighted by Gasteiger charge is 2.06. The number of amides is 1. The Hall–Kier alpha value is -0.430. The zero-order valence-electron chi connectivity index (χ0n) is 12.0. The second-order valence-corrected chi connectivity index (χ2v) is 7.21. The Kier molecular flexibility index (Phi) is 11.0. The van der Waals surface area contributed by atoms with Crippen LogP contribution in [0.3, 0.4) is 0 Å². The molecule has 0 aliphatic rings. The SMILES string of the molecule is CC(N)CCNC(=O)CCCS(=O)c1ccc(Br)cc1.Cl. The number of nitrogens with one attached hydrogen (secondary N) is 1. The second-order valence-electron chi connectivity index (χ2n) is 4.72. The van der Waals surface area contributed by atoms with Gasteiger partial charge in [-0.1, -0.05) is 15.9 Å². The molecule has 1 aromatic carbocycles. The maximum atomic E-state index is 12.0. The number of nitrogens with two attached hydrogens (primary N) is 1. The van der Waals surface area contributed by atoms with Gasteiger partial charge in [0.2, 0.25) is 5.91 Å². The number of benzene rings is 1. The van der Waals surface area contributed by atoms with Gasteiger partial charge >= 0.3 is 0 Å². The van der Waals surface area contributed by atoms with Crippen molar-refractivity contribution >= 4 is 45.0 Å². The summed E-state index contributed by atoms with van der Waals surface area (Å²) in [5.41, 5.74) is 5.60. The van der Waals surface area contributed by atoms with Crippen LogP contribution in [0.2, 0.25) is 0 Å². The van der Waals surface area contributed by atoms with Crippen LogP contribution in [0.1, 0.15) is 26.2 Å². The highest BCUT2D eigenvalue weighted by atomic mass is 79.9. The number of carbonyl (C=O) groups excluding carboxylic acids is 1. The second kappa shape index (κ2) is 11.2. The standard InChI is InChI=1S/C14H21BrN2O2S.ClH/c1-11(16)8-9-17-14(18)3-2-10-20(19)13-6-4-12(15)5-7-13;/h4-7,11H,2-3,8-10,16H2,1H3,(H,17,18);1H. The number of rotatable bonds is 8. The number of carbonyl (C=O) groups is 1. The van der Waals surface area contributed by atoms with Gasteiger partial charge in [-0.05, 0) is 44.0 Å². The molecule has 0 saturated heterocycles. The van der Waals surface area contributed by atoms with E-state index in [1.54, 1.807) is 0 Å². The molecule has 0 aliphatic heterocycles. The minimum atomic E-state index is -1.04. The number of halogens is 2. The van der Waals surface area contributed by atoms with Crippen molar-refractivity contribution in [3.05, 3.63) is 28.7 Å². The van der Waals surface area contributed by atoms with Crippen LogP contribution in [-0.4, -0.2) is 28.5 Å². The fourth-order valence-electron chi connectivity index (χ4n) is 1.60. The van der Waals surface area contributed by atoms with E-state index in [1.165, 1.54) is 0 Å². The van der Waals surface area contributed by atoms with Gasteiger partial charge in [0.1, 0.15) is 0 Å². The van der Waals surface area contributed by atoms with Gasteiger partial charge in [0.25, 0.3) is 0 Å². The smallest absolute Gasteiger partial charge is 0.220 e. The average molecular weight is 398 g/mol. The van der Waals surface area contributed by atoms with Crippen LogP contribution in [-0.2, 0) is 15.6 Å². The molecule has 0 aliphatic carbocycles. The van der Waals surface area contributed by atoms with Gasteiger partial charge in [0.05, 0.1) is 10.8 Å². The van der Waals surface area contributed by atoms with Crippen molar-refractivity contribution in [2.45, 2.75) is 37.1 Å². The lowest BCUT2D eigenvalue weighted by Crippen LogP contribution is -2.28. The Labute approximate surface area is 143 Å². The highest BCUT2D eigenvalue weighted by molar-refractivity contribution is 9.10. The molecule has 21 heavy (non-hydrogen) atoms. The normalized spacial score (nSPS) is 13.1. The lowest BCUT2D eigenvalue weighted by Gasteiger charge is -2.07. The van der Waals surface area contributed by atoms with Gasteiger partial charge in [0, 0.05) is 34.1 Å². The fraction of sp³-hybridized carbons (Fsp3) is 0.500. The Morgan fingerprint density at radius 3 is 2.57 bits per heavy atom. The molecular weight excluding hydrogens is 376 g/mol. The third-order valence-electron chi connectivity index (χ3n) is 2.73. The summed E-state index contributed by atoms with van der Waals surface area (Å²) in [5, 5.41) is 2.81. The van der Waals surface area contributed by atoms with Crippen molar-refractivity contribution in [1.29, 1.82) is 0 Å². The predicted molar refractivity (Wildman–Crippen MR) is 93.2 cm³/mol. The summed E-state index contributed by atoms with van der Waals surface area (Å²) in [7, 11) is -1.04. The molecule has 0 fully saturated rings. The van der Waals surface area contributed by atoms with Crippen LogP contribution < -0.4 is 11.1 Å². The van der Waals surface area contributed by atoms with Crippen LogP contribution >= 0.6 is 28.3 Å². The average Bonchev–Trinajstić information content (AvgIpc) is 2.39. The van der Waals surface area contributed by atoms with E-state index in [0.29, 0.717) is 25.1 Å². The lowest BCUT2D eigenvalue weighted by molar-refractivity contribution is -0.121. The molecule has 0 spiro atoms. The first-order valence-corrected chi connectivity index (χ1v) is 8.76. The molecule has 1 amide bonds. The van der Waals surface area contributed by atoms with Crippen LogP contribution in [0.5, 0.6) is 0 Å². The van der Waals surface area contributed by atoms with Gasteiger partial charge in [-0.15, -0.1) is 12.4 Å². The number of hydrogen-bond donors (Lipinski definition) is 2. The minimum Gasteiger partial charge on any atom is -0.356 e. The molecule has 0 radical (unpaired) electrons. The van der Waals surface area contributed by atoms with Crippen molar-refractivity contribution in [3.63, 3.8) is 0 Å². The molecule has 3 N–H and O–H groups in total. The predicted octanol–water partition coefficient (Wildman–Crippen LogP) is 2.61. The third-order valence-corrected chi connectivity index (χ3v) is 4.72.